The molecule has 116 valence electrons. The van der Waals surface area contributed by atoms with Crippen LogP contribution in [-0.2, 0) is 0 Å². The first-order valence-corrected chi connectivity index (χ1v) is 8.56. The molecule has 1 heterocycles. The first-order valence-electron chi connectivity index (χ1n) is 7.22. The minimum atomic E-state index is -1.24. The van der Waals surface area contributed by atoms with E-state index in [1.165, 1.54) is 19.2 Å². The fraction of sp³-hybridized carbons (Fsp3) is 0.0526. The lowest BCUT2D eigenvalue weighted by molar-refractivity contribution is 0.403. The van der Waals surface area contributed by atoms with E-state index in [0.717, 1.165) is 20.9 Å². The maximum Gasteiger partial charge on any atom is 0.142 e. The van der Waals surface area contributed by atoms with Gasteiger partial charge in [0.05, 0.1) is 12.0 Å². The Bertz CT molecular complexity index is 839. The maximum absolute atomic E-state index is 14.6. The summed E-state index contributed by atoms with van der Waals surface area (Å²) in [5.74, 6) is -0.918. The second-order valence-corrected chi connectivity index (χ2v) is 7.39. The fourth-order valence-corrected chi connectivity index (χ4v) is 5.68. The molecule has 0 unspecified atom stereocenters. The molecule has 3 aromatic carbocycles. The molecule has 1 nitrogen and oxygen atoms in total. The molecule has 0 saturated carbocycles. The van der Waals surface area contributed by atoms with Crippen molar-refractivity contribution in [1.29, 1.82) is 0 Å². The summed E-state index contributed by atoms with van der Waals surface area (Å²) in [6.45, 7) is 0. The van der Waals surface area contributed by atoms with E-state index in [-0.39, 0.29) is 10.6 Å². The zero-order chi connectivity index (χ0) is 16.0. The Hall–Kier alpha value is -2.33. The van der Waals surface area contributed by atoms with Crippen LogP contribution in [0.3, 0.4) is 0 Å². The predicted molar refractivity (Wildman–Crippen MR) is 88.6 cm³/mol. The Morgan fingerprint density at radius 3 is 1.74 bits per heavy atom. The van der Waals surface area contributed by atoms with Crippen LogP contribution in [0.5, 0.6) is 5.75 Å². The summed E-state index contributed by atoms with van der Waals surface area (Å²) in [5.41, 5.74) is 2.12. The van der Waals surface area contributed by atoms with Crippen molar-refractivity contribution in [2.24, 2.45) is 0 Å². The van der Waals surface area contributed by atoms with E-state index in [4.69, 9.17) is 4.74 Å². The van der Waals surface area contributed by atoms with Crippen LogP contribution < -0.4 is 4.74 Å². The lowest BCUT2D eigenvalue weighted by atomic mass is 10.1. The topological polar surface area (TPSA) is 9.23 Å². The second kappa shape index (κ2) is 5.39. The minimum absolute atomic E-state index is 0.137. The van der Waals surface area contributed by atoms with E-state index in [1.807, 2.05) is 48.5 Å². The lowest BCUT2D eigenvalue weighted by Crippen LogP contribution is -1.95. The number of ether oxygens (including phenoxy) is 1. The van der Waals surface area contributed by atoms with E-state index in [2.05, 4.69) is 0 Å². The first kappa shape index (κ1) is 14.3. The molecule has 1 aliphatic rings. The average molecular weight is 328 g/mol. The minimum Gasteiger partial charge on any atom is -0.497 e. The molecule has 0 amide bonds. The zero-order valence-corrected chi connectivity index (χ0v) is 13.3. The van der Waals surface area contributed by atoms with Gasteiger partial charge in [0.1, 0.15) is 17.4 Å². The number of benzene rings is 3. The molecule has 23 heavy (non-hydrogen) atoms. The van der Waals surface area contributed by atoms with Gasteiger partial charge in [0.25, 0.3) is 0 Å². The van der Waals surface area contributed by atoms with Gasteiger partial charge < -0.3 is 4.74 Å². The molecule has 4 heteroatoms. The highest BCUT2D eigenvalue weighted by atomic mass is 32.2. The van der Waals surface area contributed by atoms with Gasteiger partial charge in [-0.25, -0.2) is 8.78 Å². The Morgan fingerprint density at radius 2 is 1.26 bits per heavy atom. The molecule has 0 aliphatic carbocycles. The third-order valence-electron chi connectivity index (χ3n) is 4.03. The van der Waals surface area contributed by atoms with Gasteiger partial charge in [-0.05, 0) is 23.3 Å². The lowest BCUT2D eigenvalue weighted by Gasteiger charge is -2.20. The molecule has 0 N–H and O–H groups in total. The van der Waals surface area contributed by atoms with E-state index in [9.17, 15) is 8.78 Å². The molecule has 0 radical (unpaired) electrons. The molecule has 0 aromatic heterocycles. The maximum atomic E-state index is 14.6. The van der Waals surface area contributed by atoms with Crippen molar-refractivity contribution in [3.8, 4) is 16.9 Å². The monoisotopic (exact) mass is 328 g/mol. The molecule has 0 fully saturated rings. The molecule has 3 aromatic rings. The van der Waals surface area contributed by atoms with Gasteiger partial charge in [-0.3, -0.25) is 0 Å². The molecular weight excluding hydrogens is 314 g/mol. The van der Waals surface area contributed by atoms with Gasteiger partial charge >= 0.3 is 0 Å². The van der Waals surface area contributed by atoms with Crippen LogP contribution in [-0.4, -0.2) is 7.11 Å². The summed E-state index contributed by atoms with van der Waals surface area (Å²) in [6.07, 6.45) is 0. The van der Waals surface area contributed by atoms with Crippen molar-refractivity contribution in [2.75, 3.05) is 7.11 Å². The largest absolute Gasteiger partial charge is 0.497 e. The van der Waals surface area contributed by atoms with E-state index in [0.29, 0.717) is 0 Å². The number of fused-ring (bicyclic) bond motifs is 3. The molecule has 0 saturated heterocycles. The van der Waals surface area contributed by atoms with Crippen LogP contribution >= 0.6 is 10.9 Å². The summed E-state index contributed by atoms with van der Waals surface area (Å²) in [4.78, 5) is 2.12. The van der Waals surface area contributed by atoms with Crippen LogP contribution in [0.2, 0.25) is 0 Å². The summed E-state index contributed by atoms with van der Waals surface area (Å²) < 4.78 is 34.2. The van der Waals surface area contributed by atoms with Gasteiger partial charge in [-0.1, -0.05) is 36.4 Å². The molecule has 0 atom stereocenters. The number of methoxy groups -OCH3 is 1. The van der Waals surface area contributed by atoms with Crippen LogP contribution in [0.4, 0.5) is 8.78 Å². The van der Waals surface area contributed by atoms with Crippen molar-refractivity contribution in [2.45, 2.75) is 14.7 Å². The van der Waals surface area contributed by atoms with Gasteiger partial charge in [0.2, 0.25) is 0 Å². The molecule has 0 spiro atoms. The van der Waals surface area contributed by atoms with Crippen molar-refractivity contribution in [3.05, 3.63) is 72.3 Å². The summed E-state index contributed by atoms with van der Waals surface area (Å²) >= 11 is 0. The van der Waals surface area contributed by atoms with Crippen molar-refractivity contribution < 1.29 is 13.5 Å². The van der Waals surface area contributed by atoms with Gasteiger partial charge in [0.15, 0.2) is 0 Å². The Kier molecular flexibility index (Phi) is 3.34. The van der Waals surface area contributed by atoms with Crippen LogP contribution in [0.1, 0.15) is 0 Å². The summed E-state index contributed by atoms with van der Waals surface area (Å²) in [7, 11) is 0.166. The third kappa shape index (κ3) is 2.13. The van der Waals surface area contributed by atoms with Crippen molar-refractivity contribution in [1.82, 2.24) is 0 Å². The van der Waals surface area contributed by atoms with Crippen LogP contribution in [0, 0.1) is 11.6 Å². The Balaban J connectivity index is 2.00. The van der Waals surface area contributed by atoms with E-state index in [1.54, 1.807) is 0 Å². The molecule has 4 rings (SSSR count). The van der Waals surface area contributed by atoms with Crippen LogP contribution in [0.25, 0.3) is 11.1 Å². The highest BCUT2D eigenvalue weighted by molar-refractivity contribution is 8.17. The smallest absolute Gasteiger partial charge is 0.142 e. The Morgan fingerprint density at radius 1 is 0.783 bits per heavy atom. The highest BCUT2D eigenvalue weighted by Crippen LogP contribution is 2.63. The number of hydrogen-bond donors (Lipinski definition) is 1. The zero-order valence-electron chi connectivity index (χ0n) is 12.4. The van der Waals surface area contributed by atoms with Gasteiger partial charge in [-0.15, -0.1) is 0 Å². The number of thiol groups is 1. The quantitative estimate of drug-likeness (QED) is 0.483. The van der Waals surface area contributed by atoms with Crippen molar-refractivity contribution >= 4 is 10.9 Å². The van der Waals surface area contributed by atoms with E-state index >= 15 is 0 Å². The Labute approximate surface area is 135 Å². The molecule has 1 aliphatic heterocycles. The van der Waals surface area contributed by atoms with Crippen LogP contribution in [0.15, 0.2) is 75.4 Å². The normalized spacial score (nSPS) is 13.6. The summed E-state index contributed by atoms with van der Waals surface area (Å²) in [5, 5.41) is 0. The highest BCUT2D eigenvalue weighted by Gasteiger charge is 2.30. The SMILES string of the molecule is COc1cc(F)c([SH]2c3ccccc3-c3ccccc32)c(F)c1. The number of rotatable bonds is 2. The number of halogens is 2. The van der Waals surface area contributed by atoms with Gasteiger partial charge in [0, 0.05) is 21.9 Å². The molecular formula is C19H14F2OS. The van der Waals surface area contributed by atoms with E-state index < -0.39 is 22.5 Å². The van der Waals surface area contributed by atoms with Crippen molar-refractivity contribution in [3.63, 3.8) is 0 Å². The molecule has 0 bridgehead atoms. The predicted octanol–water partition coefficient (Wildman–Crippen LogP) is 5.43. The summed E-state index contributed by atoms with van der Waals surface area (Å²) in [6, 6.07) is 18.2. The van der Waals surface area contributed by atoms with Gasteiger partial charge in [-0.2, -0.15) is 10.9 Å². The third-order valence-corrected chi connectivity index (χ3v) is 6.65. The average Bonchev–Trinajstić information content (AvgIpc) is 2.89. The standard InChI is InChI=1S/C19H14F2OS/c1-22-12-10-15(20)19(16(21)11-12)23-17-8-4-2-6-13(17)14-7-3-5-9-18(14)23/h2-11,23H,1H3. The number of hydrogen-bond acceptors (Lipinski definition) is 1. The first-order chi connectivity index (χ1) is 11.2. The fourth-order valence-electron chi connectivity index (χ4n) is 3.04. The second-order valence-electron chi connectivity index (χ2n) is 5.31.